The molecule has 11 aromatic rings. The maximum Gasteiger partial charge on any atom is 0.160 e. The highest BCUT2D eigenvalue weighted by molar-refractivity contribution is 6.11. The van der Waals surface area contributed by atoms with Crippen LogP contribution in [0.4, 0.5) is 17.1 Å². The lowest BCUT2D eigenvalue weighted by Crippen LogP contribution is -2.09. The summed E-state index contributed by atoms with van der Waals surface area (Å²) in [5.41, 5.74) is 16.3. The van der Waals surface area contributed by atoms with Crippen LogP contribution in [0.25, 0.3) is 83.6 Å². The van der Waals surface area contributed by atoms with Gasteiger partial charge in [-0.05, 0) is 113 Å². The Bertz CT molecular complexity index is 3370. The first kappa shape index (κ1) is 38.1. The third-order valence-corrected chi connectivity index (χ3v) is 11.8. The van der Waals surface area contributed by atoms with E-state index in [-0.39, 0.29) is 0 Å². The van der Waals surface area contributed by atoms with Crippen LogP contribution in [0.1, 0.15) is 5.56 Å². The van der Waals surface area contributed by atoms with Crippen LogP contribution in [-0.4, -0.2) is 14.5 Å². The van der Waals surface area contributed by atoms with Crippen molar-refractivity contribution >= 4 is 38.9 Å². The van der Waals surface area contributed by atoms with Gasteiger partial charge in [0.1, 0.15) is 0 Å². The predicted octanol–water partition coefficient (Wildman–Crippen LogP) is 15.3. The van der Waals surface area contributed by atoms with Gasteiger partial charge in [0.05, 0.1) is 34.1 Å². The van der Waals surface area contributed by atoms with Gasteiger partial charge in [0.15, 0.2) is 5.82 Å². The second-order valence-corrected chi connectivity index (χ2v) is 15.8. The normalized spacial score (nSPS) is 11.1. The molecule has 0 fully saturated rings. The topological polar surface area (TPSA) is 57.7 Å². The molecular weight excluding hydrogens is 779 g/mol. The van der Waals surface area contributed by atoms with E-state index < -0.39 is 0 Å². The van der Waals surface area contributed by atoms with E-state index in [4.69, 9.17) is 9.97 Å². The van der Waals surface area contributed by atoms with Crippen molar-refractivity contribution in [3.63, 3.8) is 0 Å². The molecule has 64 heavy (non-hydrogen) atoms. The van der Waals surface area contributed by atoms with Gasteiger partial charge < -0.3 is 9.47 Å². The Morgan fingerprint density at radius 3 is 1.36 bits per heavy atom. The van der Waals surface area contributed by atoms with Gasteiger partial charge in [-0.3, -0.25) is 0 Å². The molecule has 11 rings (SSSR count). The molecule has 0 bridgehead atoms. The maximum absolute atomic E-state index is 9.49. The molecular formula is C59H39N5. The van der Waals surface area contributed by atoms with E-state index >= 15 is 0 Å². The molecule has 0 N–H and O–H groups in total. The predicted molar refractivity (Wildman–Crippen MR) is 263 cm³/mol. The zero-order valence-electron chi connectivity index (χ0n) is 34.8. The summed E-state index contributed by atoms with van der Waals surface area (Å²) < 4.78 is 2.36. The van der Waals surface area contributed by atoms with Crippen LogP contribution in [0.2, 0.25) is 0 Å². The van der Waals surface area contributed by atoms with Crippen molar-refractivity contribution in [2.45, 2.75) is 0 Å². The highest BCUT2D eigenvalue weighted by Crippen LogP contribution is 2.40. The smallest absolute Gasteiger partial charge is 0.160 e. The molecule has 5 heteroatoms. The molecule has 300 valence electrons. The molecule has 0 spiro atoms. The number of aromatic nitrogens is 3. The minimum atomic E-state index is 0.643. The van der Waals surface area contributed by atoms with Crippen LogP contribution in [0, 0.1) is 11.3 Å². The summed E-state index contributed by atoms with van der Waals surface area (Å²) in [5.74, 6) is 0.690. The van der Waals surface area contributed by atoms with Crippen LogP contribution < -0.4 is 4.90 Å². The van der Waals surface area contributed by atoms with Gasteiger partial charge in [0, 0.05) is 50.2 Å². The summed E-state index contributed by atoms with van der Waals surface area (Å²) >= 11 is 0. The lowest BCUT2D eigenvalue weighted by atomic mass is 9.99. The van der Waals surface area contributed by atoms with Crippen LogP contribution >= 0.6 is 0 Å². The maximum atomic E-state index is 9.49. The molecule has 0 amide bonds. The number of anilines is 3. The third-order valence-electron chi connectivity index (χ3n) is 11.8. The standard InChI is InChI=1S/C59H39N5/c60-40-41-24-26-42(27-25-41)47-30-34-57-53(37-47)54-38-48(46-18-13-23-52(36-46)63(49-19-9-3-10-20-49)50-21-11-4-12-22-50)31-35-58(54)64(57)51-32-28-44(29-33-51)56-39-55(43-14-5-1-6-15-43)61-59(62-56)45-16-7-2-8-17-45/h1-39H. The minimum Gasteiger partial charge on any atom is -0.310 e. The highest BCUT2D eigenvalue weighted by Gasteiger charge is 2.18. The fraction of sp³-hybridized carbons (Fsp3) is 0. The quantitative estimate of drug-likeness (QED) is 0.146. The first-order valence-electron chi connectivity index (χ1n) is 21.4. The molecule has 2 heterocycles. The van der Waals surface area contributed by atoms with Gasteiger partial charge >= 0.3 is 0 Å². The SMILES string of the molecule is N#Cc1ccc(-c2ccc3c(c2)c2cc(-c4cccc(N(c5ccccc5)c5ccccc5)c4)ccc2n3-c2ccc(-c3cc(-c4ccccc4)nc(-c4ccccc4)n3)cc2)cc1. The first-order valence-corrected chi connectivity index (χ1v) is 21.4. The highest BCUT2D eigenvalue weighted by atomic mass is 15.1. The molecule has 0 saturated carbocycles. The monoisotopic (exact) mass is 817 g/mol. The lowest BCUT2D eigenvalue weighted by Gasteiger charge is -2.26. The third kappa shape index (κ3) is 7.26. The lowest BCUT2D eigenvalue weighted by molar-refractivity contribution is 1.17. The Balaban J connectivity index is 1.04. The van der Waals surface area contributed by atoms with Crippen LogP contribution in [0.15, 0.2) is 237 Å². The number of hydrogen-bond acceptors (Lipinski definition) is 4. The van der Waals surface area contributed by atoms with Crippen LogP contribution in [0.5, 0.6) is 0 Å². The summed E-state index contributed by atoms with van der Waals surface area (Å²) in [6, 6.07) is 84.6. The molecule has 0 aliphatic rings. The van der Waals surface area contributed by atoms with Gasteiger partial charge in [0.25, 0.3) is 0 Å². The zero-order chi connectivity index (χ0) is 42.8. The number of para-hydroxylation sites is 2. The summed E-state index contributed by atoms with van der Waals surface area (Å²) in [7, 11) is 0. The number of benzene rings is 9. The number of hydrogen-bond donors (Lipinski definition) is 0. The molecule has 0 unspecified atom stereocenters. The van der Waals surface area contributed by atoms with Gasteiger partial charge in [-0.1, -0.05) is 146 Å². The van der Waals surface area contributed by atoms with Crippen molar-refractivity contribution in [1.82, 2.24) is 14.5 Å². The Morgan fingerprint density at radius 2 is 0.797 bits per heavy atom. The fourth-order valence-electron chi connectivity index (χ4n) is 8.67. The van der Waals surface area contributed by atoms with Crippen molar-refractivity contribution in [3.05, 3.63) is 242 Å². The Kier molecular flexibility index (Phi) is 9.85. The molecule has 0 saturated heterocycles. The van der Waals surface area contributed by atoms with Gasteiger partial charge in [-0.2, -0.15) is 5.26 Å². The average molecular weight is 818 g/mol. The summed E-state index contributed by atoms with van der Waals surface area (Å²) in [5, 5.41) is 11.8. The number of rotatable bonds is 9. The van der Waals surface area contributed by atoms with Crippen molar-refractivity contribution in [3.8, 4) is 67.9 Å². The first-order chi connectivity index (χ1) is 31.7. The zero-order valence-corrected chi connectivity index (χ0v) is 34.8. The van der Waals surface area contributed by atoms with Crippen molar-refractivity contribution in [2.24, 2.45) is 0 Å². The van der Waals surface area contributed by atoms with E-state index in [9.17, 15) is 5.26 Å². The van der Waals surface area contributed by atoms with E-state index in [1.54, 1.807) is 0 Å². The van der Waals surface area contributed by atoms with E-state index in [0.29, 0.717) is 11.4 Å². The summed E-state index contributed by atoms with van der Waals surface area (Å²) in [4.78, 5) is 12.4. The van der Waals surface area contributed by atoms with E-state index in [1.165, 1.54) is 0 Å². The number of nitrogens with zero attached hydrogens (tertiary/aromatic N) is 5. The van der Waals surface area contributed by atoms with E-state index in [2.05, 4.69) is 191 Å². The molecule has 0 radical (unpaired) electrons. The molecule has 9 aromatic carbocycles. The second-order valence-electron chi connectivity index (χ2n) is 15.8. The van der Waals surface area contributed by atoms with Crippen molar-refractivity contribution in [2.75, 3.05) is 4.90 Å². The Labute approximate surface area is 372 Å². The Hall–Kier alpha value is -8.85. The van der Waals surface area contributed by atoms with Crippen molar-refractivity contribution < 1.29 is 0 Å². The summed E-state index contributed by atoms with van der Waals surface area (Å²) in [6.07, 6.45) is 0. The minimum absolute atomic E-state index is 0.643. The Morgan fingerprint density at radius 1 is 0.359 bits per heavy atom. The molecule has 0 aliphatic heterocycles. The number of nitriles is 1. The van der Waals surface area contributed by atoms with Crippen LogP contribution in [-0.2, 0) is 0 Å². The molecule has 0 atom stereocenters. The molecule has 2 aromatic heterocycles. The molecule has 5 nitrogen and oxygen atoms in total. The van der Waals surface area contributed by atoms with Gasteiger partial charge in [-0.15, -0.1) is 0 Å². The van der Waals surface area contributed by atoms with E-state index in [1.807, 2.05) is 60.7 Å². The van der Waals surface area contributed by atoms with E-state index in [0.717, 1.165) is 94.9 Å². The largest absolute Gasteiger partial charge is 0.310 e. The average Bonchev–Trinajstić information content (AvgIpc) is 3.70. The molecule has 0 aliphatic carbocycles. The van der Waals surface area contributed by atoms with Gasteiger partial charge in [0.2, 0.25) is 0 Å². The second kappa shape index (κ2) is 16.5. The van der Waals surface area contributed by atoms with Crippen LogP contribution in [0.3, 0.4) is 0 Å². The summed E-state index contributed by atoms with van der Waals surface area (Å²) in [6.45, 7) is 0. The van der Waals surface area contributed by atoms with Gasteiger partial charge in [-0.25, -0.2) is 9.97 Å². The van der Waals surface area contributed by atoms with Crippen molar-refractivity contribution in [1.29, 1.82) is 5.26 Å². The number of fused-ring (bicyclic) bond motifs is 3. The fourth-order valence-corrected chi connectivity index (χ4v) is 8.67.